The molecule has 9 N–H and O–H groups in total. The standard InChI is InChI=1S/C42H66O15/c1-37(2)13-15-42(36(52)53)16-14-40(5)20(21(42)17-37)7-8-24-38(3)11-10-25(39(4,19-44)23(38)9-12-41(24,40)6)55-35-30(49)31(29(48)32(57-35)33(50)51)56-34-28(47)27(46)26(45)22(18-43)54-34/h7,21-32,34-35,43-49H,8-19H2,1-6H3,(H,50,51)(H,52,53)/t21-,22+,23+,24+,25-,26+,27-,28+,29-,30+,31-,32-,34-,35+,38-,39-,40+,41+,42-/m0/s1. The number of carboxylic acid groups (broad SMARTS) is 2. The van der Waals surface area contributed by atoms with Crippen molar-refractivity contribution in [3.8, 4) is 0 Å². The Morgan fingerprint density at radius 2 is 1.42 bits per heavy atom. The fraction of sp³-hybridized carbons (Fsp3) is 0.905. The van der Waals surface area contributed by atoms with Crippen LogP contribution < -0.4 is 0 Å². The van der Waals surface area contributed by atoms with Gasteiger partial charge in [0.25, 0.3) is 0 Å². The Morgan fingerprint density at radius 1 is 0.754 bits per heavy atom. The fourth-order valence-electron chi connectivity index (χ4n) is 13.7. The molecule has 0 aromatic heterocycles. The second-order valence-corrected chi connectivity index (χ2v) is 20.5. The molecule has 0 unspecified atom stereocenters. The summed E-state index contributed by atoms with van der Waals surface area (Å²) < 4.78 is 23.3. The van der Waals surface area contributed by atoms with Gasteiger partial charge >= 0.3 is 11.9 Å². The van der Waals surface area contributed by atoms with E-state index >= 15 is 0 Å². The average Bonchev–Trinajstić information content (AvgIpc) is 3.15. The predicted octanol–water partition coefficient (Wildman–Crippen LogP) is 1.95. The minimum Gasteiger partial charge on any atom is -0.481 e. The van der Waals surface area contributed by atoms with Crippen molar-refractivity contribution in [3.05, 3.63) is 11.6 Å². The molecule has 0 bridgehead atoms. The van der Waals surface area contributed by atoms with Crippen molar-refractivity contribution in [1.29, 1.82) is 0 Å². The molecule has 2 heterocycles. The number of carboxylic acids is 2. The average molecular weight is 811 g/mol. The van der Waals surface area contributed by atoms with Crippen LogP contribution in [0.5, 0.6) is 0 Å². The SMILES string of the molecule is CC1(C)CC[C@]2(C(=O)O)CC[C@]3(C)C(=CC[C@@H]4[C@@]5(C)CC[C@H](O[C@@H]6O[C@H](C(=O)O)[C@@H](O)[C@H](O[C@@H]7O[C@H](CO)[C@@H](O)[C@H](O)[C@H]7O)[C@H]6O)[C@@](C)(CO)[C@@H]5CC[C@]43C)[C@@H]2C1. The number of carbonyl (C=O) groups is 2. The van der Waals surface area contributed by atoms with Gasteiger partial charge in [0.15, 0.2) is 18.7 Å². The fourth-order valence-corrected chi connectivity index (χ4v) is 13.7. The zero-order valence-electron chi connectivity index (χ0n) is 34.1. The van der Waals surface area contributed by atoms with E-state index in [9.17, 15) is 55.5 Å². The summed E-state index contributed by atoms with van der Waals surface area (Å²) in [6.07, 6.45) is -8.58. The second-order valence-electron chi connectivity index (χ2n) is 20.5. The van der Waals surface area contributed by atoms with Crippen molar-refractivity contribution < 1.29 is 74.5 Å². The third-order valence-electron chi connectivity index (χ3n) is 17.4. The quantitative estimate of drug-likeness (QED) is 0.126. The number of aliphatic hydroxyl groups excluding tert-OH is 7. The van der Waals surface area contributed by atoms with E-state index in [-0.39, 0.29) is 46.0 Å². The number of allylic oxidation sites excluding steroid dienone is 2. The molecule has 2 saturated heterocycles. The maximum Gasteiger partial charge on any atom is 0.335 e. The maximum atomic E-state index is 13.1. The van der Waals surface area contributed by atoms with E-state index in [0.29, 0.717) is 25.7 Å². The first-order chi connectivity index (χ1) is 26.5. The van der Waals surface area contributed by atoms with Crippen molar-refractivity contribution in [3.63, 3.8) is 0 Å². The number of fused-ring (bicyclic) bond motifs is 7. The molecule has 2 aliphatic heterocycles. The zero-order chi connectivity index (χ0) is 41.8. The monoisotopic (exact) mass is 810 g/mol. The van der Waals surface area contributed by atoms with Crippen molar-refractivity contribution in [2.75, 3.05) is 13.2 Å². The number of aliphatic hydroxyl groups is 7. The first kappa shape index (κ1) is 43.3. The van der Waals surface area contributed by atoms with Gasteiger partial charge in [-0.2, -0.15) is 0 Å². The van der Waals surface area contributed by atoms with Crippen molar-refractivity contribution in [2.45, 2.75) is 173 Å². The Labute approximate surface area is 334 Å². The summed E-state index contributed by atoms with van der Waals surface area (Å²) in [5.74, 6) is -2.09. The molecule has 0 radical (unpaired) electrons. The number of aliphatic carboxylic acids is 2. The first-order valence-electron chi connectivity index (χ1n) is 21.0. The second kappa shape index (κ2) is 14.7. The van der Waals surface area contributed by atoms with Crippen molar-refractivity contribution >= 4 is 11.9 Å². The molecule has 0 aromatic rings. The molecule has 7 aliphatic rings. The van der Waals surface area contributed by atoms with Gasteiger partial charge in [-0.05, 0) is 104 Å². The summed E-state index contributed by atoms with van der Waals surface area (Å²) in [5.41, 5.74) is -0.836. The summed E-state index contributed by atoms with van der Waals surface area (Å²) in [6.45, 7) is 12.6. The third-order valence-corrected chi connectivity index (χ3v) is 17.4. The lowest BCUT2D eigenvalue weighted by atomic mass is 9.33. The zero-order valence-corrected chi connectivity index (χ0v) is 34.1. The van der Waals surface area contributed by atoms with E-state index < -0.39 is 96.9 Å². The molecule has 0 amide bonds. The Hall–Kier alpha value is -1.76. The largest absolute Gasteiger partial charge is 0.481 e. The Kier molecular flexibility index (Phi) is 11.2. The van der Waals surface area contributed by atoms with Crippen LogP contribution >= 0.6 is 0 Å². The maximum absolute atomic E-state index is 13.1. The van der Waals surface area contributed by atoms with Crippen LogP contribution in [-0.2, 0) is 28.5 Å². The van der Waals surface area contributed by atoms with E-state index in [1.807, 2.05) is 6.92 Å². The molecular weight excluding hydrogens is 744 g/mol. The number of rotatable bonds is 8. The molecule has 7 rings (SSSR count). The molecule has 6 fully saturated rings. The smallest absolute Gasteiger partial charge is 0.335 e. The van der Waals surface area contributed by atoms with Gasteiger partial charge in [0.2, 0.25) is 0 Å². The van der Waals surface area contributed by atoms with Gasteiger partial charge < -0.3 is 64.9 Å². The number of ether oxygens (including phenoxy) is 4. The van der Waals surface area contributed by atoms with Crippen LogP contribution in [-0.4, -0.2) is 139 Å². The van der Waals surface area contributed by atoms with Crippen LogP contribution in [0, 0.1) is 50.2 Å². The summed E-state index contributed by atoms with van der Waals surface area (Å²) in [6, 6.07) is 0. The van der Waals surface area contributed by atoms with Crippen molar-refractivity contribution in [1.82, 2.24) is 0 Å². The lowest BCUT2D eigenvalue weighted by Gasteiger charge is -2.71. The Balaban J connectivity index is 1.15. The van der Waals surface area contributed by atoms with Crippen LogP contribution in [0.4, 0.5) is 0 Å². The highest BCUT2D eigenvalue weighted by molar-refractivity contribution is 5.76. The summed E-state index contributed by atoms with van der Waals surface area (Å²) in [5, 5.41) is 95.4. The molecule has 4 saturated carbocycles. The molecule has 19 atom stereocenters. The van der Waals surface area contributed by atoms with Gasteiger partial charge in [-0.3, -0.25) is 4.79 Å². The number of hydrogen-bond acceptors (Lipinski definition) is 13. The summed E-state index contributed by atoms with van der Waals surface area (Å²) in [4.78, 5) is 25.4. The third kappa shape index (κ3) is 6.39. The molecule has 0 spiro atoms. The van der Waals surface area contributed by atoms with E-state index in [2.05, 4.69) is 40.7 Å². The van der Waals surface area contributed by atoms with Crippen LogP contribution in [0.15, 0.2) is 11.6 Å². The molecule has 15 nitrogen and oxygen atoms in total. The van der Waals surface area contributed by atoms with Gasteiger partial charge in [-0.25, -0.2) is 4.79 Å². The topological polar surface area (TPSA) is 253 Å². The van der Waals surface area contributed by atoms with Gasteiger partial charge in [-0.1, -0.05) is 53.2 Å². The van der Waals surface area contributed by atoms with Crippen LogP contribution in [0.2, 0.25) is 0 Å². The summed E-state index contributed by atoms with van der Waals surface area (Å²) in [7, 11) is 0. The highest BCUT2D eigenvalue weighted by Gasteiger charge is 2.70. The minimum atomic E-state index is -1.98. The molecule has 0 aromatic carbocycles. The van der Waals surface area contributed by atoms with E-state index in [1.54, 1.807) is 0 Å². The predicted molar refractivity (Wildman–Crippen MR) is 200 cm³/mol. The van der Waals surface area contributed by atoms with Crippen molar-refractivity contribution in [2.24, 2.45) is 50.2 Å². The van der Waals surface area contributed by atoms with E-state index in [4.69, 9.17) is 18.9 Å². The van der Waals surface area contributed by atoms with E-state index in [0.717, 1.165) is 38.5 Å². The minimum absolute atomic E-state index is 0.0174. The van der Waals surface area contributed by atoms with Crippen LogP contribution in [0.25, 0.3) is 0 Å². The molecule has 5 aliphatic carbocycles. The Bertz CT molecular complexity index is 1590. The van der Waals surface area contributed by atoms with Gasteiger partial charge in [0, 0.05) is 5.41 Å². The van der Waals surface area contributed by atoms with Crippen LogP contribution in [0.3, 0.4) is 0 Å². The molecular formula is C42H66O15. The molecule has 15 heteroatoms. The highest BCUT2D eigenvalue weighted by Crippen LogP contribution is 2.76. The van der Waals surface area contributed by atoms with Gasteiger partial charge in [-0.15, -0.1) is 0 Å². The first-order valence-corrected chi connectivity index (χ1v) is 21.0. The number of hydrogen-bond donors (Lipinski definition) is 9. The molecule has 57 heavy (non-hydrogen) atoms. The van der Waals surface area contributed by atoms with E-state index in [1.165, 1.54) is 5.57 Å². The summed E-state index contributed by atoms with van der Waals surface area (Å²) >= 11 is 0. The molecule has 324 valence electrons. The van der Waals surface area contributed by atoms with Gasteiger partial charge in [0.1, 0.15) is 42.7 Å². The van der Waals surface area contributed by atoms with Crippen LogP contribution in [0.1, 0.15) is 106 Å². The normalized spacial score (nSPS) is 53.3. The van der Waals surface area contributed by atoms with Gasteiger partial charge in [0.05, 0.1) is 24.7 Å². The highest BCUT2D eigenvalue weighted by atomic mass is 16.7. The lowest BCUT2D eigenvalue weighted by molar-refractivity contribution is -0.366. The lowest BCUT2D eigenvalue weighted by Crippen LogP contribution is -2.68. The Morgan fingerprint density at radius 3 is 2.05 bits per heavy atom.